The predicted molar refractivity (Wildman–Crippen MR) is 86.0 cm³/mol. The van der Waals surface area contributed by atoms with Crippen LogP contribution in [0.15, 0.2) is 60.8 Å². The van der Waals surface area contributed by atoms with Crippen molar-refractivity contribution in [3.8, 4) is 5.75 Å². The molecule has 23 heavy (non-hydrogen) atoms. The maximum absolute atomic E-state index is 12.8. The molecule has 1 aromatic heterocycles. The van der Waals surface area contributed by atoms with Gasteiger partial charge in [-0.05, 0) is 48.5 Å². The Labute approximate surface area is 132 Å². The van der Waals surface area contributed by atoms with Crippen molar-refractivity contribution in [3.05, 3.63) is 72.2 Å². The van der Waals surface area contributed by atoms with E-state index in [-0.39, 0.29) is 11.7 Å². The van der Waals surface area contributed by atoms with E-state index in [1.54, 1.807) is 6.20 Å². The topological polar surface area (TPSA) is 51.2 Å². The number of halogens is 1. The van der Waals surface area contributed by atoms with Gasteiger partial charge >= 0.3 is 0 Å². The van der Waals surface area contributed by atoms with Gasteiger partial charge < -0.3 is 10.1 Å². The first-order valence-corrected chi connectivity index (χ1v) is 7.24. The second-order valence-corrected chi connectivity index (χ2v) is 4.97. The van der Waals surface area contributed by atoms with Crippen molar-refractivity contribution in [2.75, 3.05) is 13.2 Å². The van der Waals surface area contributed by atoms with Gasteiger partial charge in [0.05, 0.1) is 12.1 Å². The molecule has 0 spiro atoms. The third-order valence-corrected chi connectivity index (χ3v) is 3.34. The van der Waals surface area contributed by atoms with Crippen LogP contribution in [0.3, 0.4) is 0 Å². The van der Waals surface area contributed by atoms with Crippen LogP contribution >= 0.6 is 0 Å². The zero-order valence-electron chi connectivity index (χ0n) is 12.3. The van der Waals surface area contributed by atoms with E-state index in [4.69, 9.17) is 4.74 Å². The molecule has 1 N–H and O–H groups in total. The number of hydrogen-bond acceptors (Lipinski definition) is 3. The van der Waals surface area contributed by atoms with Crippen LogP contribution in [0, 0.1) is 5.82 Å². The Bertz CT molecular complexity index is 819. The molecule has 0 fully saturated rings. The summed E-state index contributed by atoms with van der Waals surface area (Å²) in [6.45, 7) is 0.708. The first kappa shape index (κ1) is 15.0. The fraction of sp³-hybridized carbons (Fsp3) is 0.111. The Hall–Kier alpha value is -2.95. The molecule has 2 aromatic carbocycles. The minimum Gasteiger partial charge on any atom is -0.492 e. The van der Waals surface area contributed by atoms with Crippen LogP contribution in [0.2, 0.25) is 0 Å². The molecule has 116 valence electrons. The number of hydrogen-bond donors (Lipinski definition) is 1. The summed E-state index contributed by atoms with van der Waals surface area (Å²) in [4.78, 5) is 16.1. The smallest absolute Gasteiger partial charge is 0.251 e. The lowest BCUT2D eigenvalue weighted by Gasteiger charge is -2.08. The molecular formula is C18H15FN2O2. The minimum atomic E-state index is -0.365. The fourth-order valence-corrected chi connectivity index (χ4v) is 2.18. The molecule has 3 aromatic rings. The molecule has 0 aliphatic heterocycles. The number of rotatable bonds is 5. The molecule has 1 heterocycles. The van der Waals surface area contributed by atoms with E-state index in [1.807, 2.05) is 30.3 Å². The van der Waals surface area contributed by atoms with Gasteiger partial charge in [-0.15, -0.1) is 0 Å². The van der Waals surface area contributed by atoms with Crippen LogP contribution in [0.5, 0.6) is 5.75 Å². The number of carbonyl (C=O) groups is 1. The van der Waals surface area contributed by atoms with E-state index >= 15 is 0 Å². The highest BCUT2D eigenvalue weighted by atomic mass is 19.1. The Balaban J connectivity index is 1.50. The standard InChI is InChI=1S/C18H15FN2O2/c19-15-5-3-13(4-6-15)18(22)21-10-11-23-16-7-8-17-14(12-16)2-1-9-20-17/h1-9,12H,10-11H2,(H,21,22). The van der Waals surface area contributed by atoms with Crippen LogP contribution in [0.25, 0.3) is 10.9 Å². The van der Waals surface area contributed by atoms with Gasteiger partial charge in [0, 0.05) is 17.1 Å². The van der Waals surface area contributed by atoms with Gasteiger partial charge in [-0.3, -0.25) is 9.78 Å². The molecule has 0 unspecified atom stereocenters. The lowest BCUT2D eigenvalue weighted by atomic mass is 10.2. The monoisotopic (exact) mass is 310 g/mol. The summed E-state index contributed by atoms with van der Waals surface area (Å²) in [5, 5.41) is 3.73. The second kappa shape index (κ2) is 6.87. The highest BCUT2D eigenvalue weighted by Gasteiger charge is 2.04. The Morgan fingerprint density at radius 3 is 2.78 bits per heavy atom. The number of nitrogens with one attached hydrogen (secondary N) is 1. The molecule has 5 heteroatoms. The Kier molecular flexibility index (Phi) is 4.47. The zero-order valence-corrected chi connectivity index (χ0v) is 12.3. The molecule has 0 radical (unpaired) electrons. The third-order valence-electron chi connectivity index (χ3n) is 3.34. The largest absolute Gasteiger partial charge is 0.492 e. The highest BCUT2D eigenvalue weighted by Crippen LogP contribution is 2.18. The molecule has 0 saturated heterocycles. The van der Waals surface area contributed by atoms with E-state index in [9.17, 15) is 9.18 Å². The molecule has 0 aliphatic carbocycles. The van der Waals surface area contributed by atoms with E-state index in [1.165, 1.54) is 24.3 Å². The average molecular weight is 310 g/mol. The number of nitrogens with zero attached hydrogens (tertiary/aromatic N) is 1. The fourth-order valence-electron chi connectivity index (χ4n) is 2.18. The van der Waals surface area contributed by atoms with Crippen molar-refractivity contribution >= 4 is 16.8 Å². The summed E-state index contributed by atoms with van der Waals surface area (Å²) < 4.78 is 18.4. The van der Waals surface area contributed by atoms with Crippen LogP contribution in [-0.4, -0.2) is 24.0 Å². The minimum absolute atomic E-state index is 0.253. The molecule has 4 nitrogen and oxygen atoms in total. The maximum Gasteiger partial charge on any atom is 0.251 e. The molecular weight excluding hydrogens is 295 g/mol. The van der Waals surface area contributed by atoms with Gasteiger partial charge in [0.1, 0.15) is 18.2 Å². The average Bonchev–Trinajstić information content (AvgIpc) is 2.59. The molecule has 3 rings (SSSR count). The van der Waals surface area contributed by atoms with Gasteiger partial charge in [-0.1, -0.05) is 6.07 Å². The summed E-state index contributed by atoms with van der Waals surface area (Å²) in [5.41, 5.74) is 1.33. The summed E-state index contributed by atoms with van der Waals surface area (Å²) in [6, 6.07) is 14.9. The van der Waals surface area contributed by atoms with Crippen LogP contribution < -0.4 is 10.1 Å². The number of carbonyl (C=O) groups excluding carboxylic acids is 1. The van der Waals surface area contributed by atoms with Crippen molar-refractivity contribution < 1.29 is 13.9 Å². The molecule has 0 bridgehead atoms. The quantitative estimate of drug-likeness (QED) is 0.736. The van der Waals surface area contributed by atoms with Gasteiger partial charge in [-0.2, -0.15) is 0 Å². The summed E-state index contributed by atoms with van der Waals surface area (Å²) in [6.07, 6.45) is 1.74. The number of benzene rings is 2. The second-order valence-electron chi connectivity index (χ2n) is 4.97. The predicted octanol–water partition coefficient (Wildman–Crippen LogP) is 3.18. The number of pyridine rings is 1. The van der Waals surface area contributed by atoms with E-state index in [0.717, 1.165) is 16.7 Å². The summed E-state index contributed by atoms with van der Waals surface area (Å²) in [7, 11) is 0. The van der Waals surface area contributed by atoms with Gasteiger partial charge in [0.25, 0.3) is 5.91 Å². The summed E-state index contributed by atoms with van der Waals surface area (Å²) in [5.74, 6) is 0.105. The molecule has 0 atom stereocenters. The lowest BCUT2D eigenvalue weighted by Crippen LogP contribution is -2.28. The van der Waals surface area contributed by atoms with Crippen molar-refractivity contribution in [1.29, 1.82) is 0 Å². The normalized spacial score (nSPS) is 10.5. The first-order valence-electron chi connectivity index (χ1n) is 7.24. The number of amides is 1. The van der Waals surface area contributed by atoms with Crippen LogP contribution in [0.4, 0.5) is 4.39 Å². The molecule has 0 aliphatic rings. The third kappa shape index (κ3) is 3.83. The lowest BCUT2D eigenvalue weighted by molar-refractivity contribution is 0.0947. The van der Waals surface area contributed by atoms with Crippen molar-refractivity contribution in [1.82, 2.24) is 10.3 Å². The van der Waals surface area contributed by atoms with E-state index in [0.29, 0.717) is 18.7 Å². The number of aromatic nitrogens is 1. The molecule has 0 saturated carbocycles. The first-order chi connectivity index (χ1) is 11.2. The SMILES string of the molecule is O=C(NCCOc1ccc2ncccc2c1)c1ccc(F)cc1. The number of ether oxygens (including phenoxy) is 1. The van der Waals surface area contributed by atoms with E-state index in [2.05, 4.69) is 10.3 Å². The van der Waals surface area contributed by atoms with Crippen LogP contribution in [-0.2, 0) is 0 Å². The Morgan fingerprint density at radius 2 is 1.96 bits per heavy atom. The maximum atomic E-state index is 12.8. The molecule has 1 amide bonds. The van der Waals surface area contributed by atoms with Crippen LogP contribution in [0.1, 0.15) is 10.4 Å². The highest BCUT2D eigenvalue weighted by molar-refractivity contribution is 5.94. The van der Waals surface area contributed by atoms with Gasteiger partial charge in [-0.25, -0.2) is 4.39 Å². The summed E-state index contributed by atoms with van der Waals surface area (Å²) >= 11 is 0. The van der Waals surface area contributed by atoms with Crippen molar-refractivity contribution in [2.24, 2.45) is 0 Å². The van der Waals surface area contributed by atoms with E-state index < -0.39 is 0 Å². The van der Waals surface area contributed by atoms with Crippen molar-refractivity contribution in [2.45, 2.75) is 0 Å². The Morgan fingerprint density at radius 1 is 1.13 bits per heavy atom. The zero-order chi connectivity index (χ0) is 16.1. The van der Waals surface area contributed by atoms with Gasteiger partial charge in [0.2, 0.25) is 0 Å². The van der Waals surface area contributed by atoms with Gasteiger partial charge in [0.15, 0.2) is 0 Å². The number of fused-ring (bicyclic) bond motifs is 1. The van der Waals surface area contributed by atoms with Crippen molar-refractivity contribution in [3.63, 3.8) is 0 Å².